The number of aromatic nitrogens is 4. The van der Waals surface area contributed by atoms with Crippen molar-refractivity contribution in [2.75, 3.05) is 30.0 Å². The van der Waals surface area contributed by atoms with Crippen LogP contribution in [0.5, 0.6) is 0 Å². The van der Waals surface area contributed by atoms with Crippen LogP contribution in [-0.4, -0.2) is 53.3 Å². The highest BCUT2D eigenvalue weighted by atomic mass is 32.2. The monoisotopic (exact) mass is 363 g/mol. The fourth-order valence-corrected chi connectivity index (χ4v) is 5.05. The summed E-state index contributed by atoms with van der Waals surface area (Å²) in [6.45, 7) is 7.52. The third kappa shape index (κ3) is 4.18. The van der Waals surface area contributed by atoms with E-state index >= 15 is 0 Å². The van der Waals surface area contributed by atoms with Gasteiger partial charge in [0.2, 0.25) is 5.95 Å². The molecule has 136 valence electrons. The summed E-state index contributed by atoms with van der Waals surface area (Å²) in [6, 6.07) is 3.86. The summed E-state index contributed by atoms with van der Waals surface area (Å²) in [7, 11) is -2.97. The molecule has 1 fully saturated rings. The number of nitrogens with zero attached hydrogens (tertiary/aromatic N) is 5. The third-order valence-corrected chi connectivity index (χ3v) is 5.94. The van der Waals surface area contributed by atoms with E-state index in [0.717, 1.165) is 43.1 Å². The number of aryl methyl sites for hydroxylation is 2. The van der Waals surface area contributed by atoms with Gasteiger partial charge < -0.3 is 4.90 Å². The molecule has 1 saturated heterocycles. The SMILES string of the molecule is Cc1cc(C)n(-c2ccnc(N3CCC(C)(CS(C)(=O)=O)CC3)n2)n1. The van der Waals surface area contributed by atoms with Gasteiger partial charge in [-0.1, -0.05) is 6.92 Å². The van der Waals surface area contributed by atoms with E-state index in [0.29, 0.717) is 5.95 Å². The van der Waals surface area contributed by atoms with Gasteiger partial charge in [-0.2, -0.15) is 10.1 Å². The molecule has 3 heterocycles. The average molecular weight is 363 g/mol. The van der Waals surface area contributed by atoms with Gasteiger partial charge >= 0.3 is 0 Å². The third-order valence-electron chi connectivity index (χ3n) is 4.72. The second-order valence-corrected chi connectivity index (χ2v) is 9.56. The quantitative estimate of drug-likeness (QED) is 0.826. The van der Waals surface area contributed by atoms with E-state index in [1.54, 1.807) is 6.20 Å². The predicted octanol–water partition coefficient (Wildman–Crippen LogP) is 1.93. The lowest BCUT2D eigenvalue weighted by Gasteiger charge is -2.38. The molecule has 0 bridgehead atoms. The average Bonchev–Trinajstić information content (AvgIpc) is 2.84. The van der Waals surface area contributed by atoms with E-state index in [9.17, 15) is 8.42 Å². The van der Waals surface area contributed by atoms with Crippen molar-refractivity contribution < 1.29 is 8.42 Å². The Kier molecular flexibility index (Phi) is 4.57. The van der Waals surface area contributed by atoms with Crippen molar-refractivity contribution in [3.05, 3.63) is 29.7 Å². The van der Waals surface area contributed by atoms with Crippen molar-refractivity contribution in [3.63, 3.8) is 0 Å². The van der Waals surface area contributed by atoms with Crippen molar-refractivity contribution >= 4 is 15.8 Å². The first-order chi connectivity index (χ1) is 11.7. The van der Waals surface area contributed by atoms with E-state index < -0.39 is 9.84 Å². The van der Waals surface area contributed by atoms with Crippen LogP contribution in [0.3, 0.4) is 0 Å². The Morgan fingerprint density at radius 2 is 1.92 bits per heavy atom. The van der Waals surface area contributed by atoms with E-state index in [-0.39, 0.29) is 11.2 Å². The number of sulfone groups is 1. The Balaban J connectivity index is 1.76. The highest BCUT2D eigenvalue weighted by Crippen LogP contribution is 2.33. The molecule has 0 spiro atoms. The lowest BCUT2D eigenvalue weighted by atomic mass is 9.82. The number of piperidine rings is 1. The van der Waals surface area contributed by atoms with Crippen molar-refractivity contribution in [1.82, 2.24) is 19.7 Å². The van der Waals surface area contributed by atoms with Gasteiger partial charge in [-0.3, -0.25) is 0 Å². The molecule has 0 atom stereocenters. The maximum absolute atomic E-state index is 11.6. The van der Waals surface area contributed by atoms with Gasteiger partial charge in [-0.05, 0) is 38.2 Å². The molecular weight excluding hydrogens is 338 g/mol. The van der Waals surface area contributed by atoms with E-state index in [2.05, 4.69) is 26.9 Å². The highest BCUT2D eigenvalue weighted by Gasteiger charge is 2.34. The first kappa shape index (κ1) is 17.8. The molecule has 0 radical (unpaired) electrons. The van der Waals surface area contributed by atoms with Crippen LogP contribution in [0.25, 0.3) is 5.82 Å². The van der Waals surface area contributed by atoms with Gasteiger partial charge in [-0.15, -0.1) is 0 Å². The number of hydrogen-bond acceptors (Lipinski definition) is 6. The fraction of sp³-hybridized carbons (Fsp3) is 0.588. The van der Waals surface area contributed by atoms with Crippen LogP contribution in [0.4, 0.5) is 5.95 Å². The van der Waals surface area contributed by atoms with Gasteiger partial charge in [-0.25, -0.2) is 18.1 Å². The molecule has 2 aromatic heterocycles. The van der Waals surface area contributed by atoms with E-state index in [4.69, 9.17) is 0 Å². The minimum Gasteiger partial charge on any atom is -0.341 e. The molecule has 1 aliphatic heterocycles. The number of rotatable bonds is 4. The Labute approximate surface area is 149 Å². The topological polar surface area (TPSA) is 81.0 Å². The standard InChI is InChI=1S/C17H25N5O2S/c1-13-11-14(2)22(20-13)15-5-8-18-16(19-15)21-9-6-17(3,7-10-21)12-25(4,23)24/h5,8,11H,6-7,9-10,12H2,1-4H3. The molecule has 0 saturated carbocycles. The van der Waals surface area contributed by atoms with Crippen LogP contribution in [-0.2, 0) is 9.84 Å². The molecule has 0 N–H and O–H groups in total. The zero-order chi connectivity index (χ0) is 18.2. The van der Waals surface area contributed by atoms with Crippen LogP contribution in [0, 0.1) is 19.3 Å². The second kappa shape index (κ2) is 6.40. The Hall–Kier alpha value is -1.96. The first-order valence-corrected chi connectivity index (χ1v) is 10.5. The summed E-state index contributed by atoms with van der Waals surface area (Å²) < 4.78 is 25.1. The fourth-order valence-electron chi connectivity index (χ4n) is 3.49. The molecule has 1 aliphatic rings. The second-order valence-electron chi connectivity index (χ2n) is 7.42. The summed E-state index contributed by atoms with van der Waals surface area (Å²) in [5.74, 6) is 1.66. The molecule has 8 heteroatoms. The van der Waals surface area contributed by atoms with Gasteiger partial charge in [0.15, 0.2) is 5.82 Å². The normalized spacial score (nSPS) is 17.7. The summed E-state index contributed by atoms with van der Waals surface area (Å²) >= 11 is 0. The molecule has 0 amide bonds. The highest BCUT2D eigenvalue weighted by molar-refractivity contribution is 7.90. The summed E-state index contributed by atoms with van der Waals surface area (Å²) in [6.07, 6.45) is 4.69. The van der Waals surface area contributed by atoms with Gasteiger partial charge in [0.05, 0.1) is 11.4 Å². The maximum atomic E-state index is 11.6. The van der Waals surface area contributed by atoms with Gasteiger partial charge in [0, 0.05) is 37.3 Å². The minimum atomic E-state index is -2.97. The lowest BCUT2D eigenvalue weighted by molar-refractivity contribution is 0.281. The predicted molar refractivity (Wildman–Crippen MR) is 97.9 cm³/mol. The molecular formula is C17H25N5O2S. The van der Waals surface area contributed by atoms with Crippen LogP contribution in [0.1, 0.15) is 31.2 Å². The smallest absolute Gasteiger partial charge is 0.227 e. The molecule has 0 unspecified atom stereocenters. The Morgan fingerprint density at radius 1 is 1.24 bits per heavy atom. The molecule has 3 rings (SSSR count). The minimum absolute atomic E-state index is 0.169. The Morgan fingerprint density at radius 3 is 2.48 bits per heavy atom. The lowest BCUT2D eigenvalue weighted by Crippen LogP contribution is -2.42. The van der Waals surface area contributed by atoms with Crippen molar-refractivity contribution in [2.45, 2.75) is 33.6 Å². The van der Waals surface area contributed by atoms with Crippen molar-refractivity contribution in [3.8, 4) is 5.82 Å². The summed E-state index contributed by atoms with van der Waals surface area (Å²) in [5.41, 5.74) is 1.81. The zero-order valence-electron chi connectivity index (χ0n) is 15.2. The molecule has 2 aromatic rings. The van der Waals surface area contributed by atoms with Crippen LogP contribution in [0.15, 0.2) is 18.3 Å². The largest absolute Gasteiger partial charge is 0.341 e. The molecule has 0 aliphatic carbocycles. The molecule has 7 nitrogen and oxygen atoms in total. The van der Waals surface area contributed by atoms with Crippen LogP contribution >= 0.6 is 0 Å². The summed E-state index contributed by atoms with van der Waals surface area (Å²) in [4.78, 5) is 11.2. The van der Waals surface area contributed by atoms with E-state index in [1.165, 1.54) is 6.26 Å². The maximum Gasteiger partial charge on any atom is 0.227 e. The van der Waals surface area contributed by atoms with Crippen LogP contribution in [0.2, 0.25) is 0 Å². The van der Waals surface area contributed by atoms with Crippen molar-refractivity contribution in [1.29, 1.82) is 0 Å². The molecule has 25 heavy (non-hydrogen) atoms. The number of anilines is 1. The van der Waals surface area contributed by atoms with E-state index in [1.807, 2.05) is 30.7 Å². The van der Waals surface area contributed by atoms with Crippen LogP contribution < -0.4 is 4.90 Å². The van der Waals surface area contributed by atoms with Gasteiger partial charge in [0.1, 0.15) is 9.84 Å². The van der Waals surface area contributed by atoms with Gasteiger partial charge in [0.25, 0.3) is 0 Å². The Bertz CT molecular complexity index is 867. The number of hydrogen-bond donors (Lipinski definition) is 0. The molecule has 0 aromatic carbocycles. The first-order valence-electron chi connectivity index (χ1n) is 8.45. The summed E-state index contributed by atoms with van der Waals surface area (Å²) in [5, 5.41) is 4.47. The zero-order valence-corrected chi connectivity index (χ0v) is 16.0. The van der Waals surface area contributed by atoms with Crippen molar-refractivity contribution in [2.24, 2.45) is 5.41 Å².